The van der Waals surface area contributed by atoms with E-state index in [4.69, 9.17) is 4.74 Å². The van der Waals surface area contributed by atoms with Crippen LogP contribution in [-0.2, 0) is 9.53 Å². The summed E-state index contributed by atoms with van der Waals surface area (Å²) in [6.45, 7) is 5.80. The van der Waals surface area contributed by atoms with Gasteiger partial charge in [0.25, 0.3) is 0 Å². The summed E-state index contributed by atoms with van der Waals surface area (Å²) in [6, 6.07) is 16.1. The Morgan fingerprint density at radius 3 is 2.62 bits per heavy atom. The quantitative estimate of drug-likeness (QED) is 0.260. The fourth-order valence-corrected chi connectivity index (χ4v) is 4.76. The standard InChI is InChI=1S/C26H21FN2O2S/c1-4-31-25(30)26(2,3)32-19-8-5-17-14-29-15-24(22(17)12-19)21-9-6-16(13-28)20-10-7-18(27)11-23(20)21/h5-12,14-15H,4H2,1-3H3. The Bertz CT molecular complexity index is 1390. The minimum Gasteiger partial charge on any atom is -0.465 e. The first kappa shape index (κ1) is 21.8. The molecule has 0 saturated carbocycles. The molecular formula is C26H21FN2O2S. The minimum atomic E-state index is -0.749. The summed E-state index contributed by atoms with van der Waals surface area (Å²) in [5, 5.41) is 12.7. The highest BCUT2D eigenvalue weighted by molar-refractivity contribution is 8.01. The second-order valence-corrected chi connectivity index (χ2v) is 9.56. The number of esters is 1. The maximum absolute atomic E-state index is 14.1. The van der Waals surface area contributed by atoms with Gasteiger partial charge in [-0.3, -0.25) is 9.78 Å². The van der Waals surface area contributed by atoms with Gasteiger partial charge in [0, 0.05) is 33.6 Å². The van der Waals surface area contributed by atoms with E-state index in [0.29, 0.717) is 22.9 Å². The zero-order valence-corrected chi connectivity index (χ0v) is 18.8. The molecule has 0 spiro atoms. The molecule has 0 atom stereocenters. The van der Waals surface area contributed by atoms with E-state index in [1.54, 1.807) is 31.5 Å². The molecule has 4 aromatic rings. The Morgan fingerprint density at radius 2 is 1.88 bits per heavy atom. The number of carbonyl (C=O) groups excluding carboxylic acids is 1. The molecule has 0 unspecified atom stereocenters. The molecule has 0 aliphatic heterocycles. The van der Waals surface area contributed by atoms with Crippen molar-refractivity contribution in [1.29, 1.82) is 5.26 Å². The number of pyridine rings is 1. The van der Waals surface area contributed by atoms with Gasteiger partial charge in [-0.1, -0.05) is 18.2 Å². The van der Waals surface area contributed by atoms with Gasteiger partial charge < -0.3 is 4.74 Å². The third kappa shape index (κ3) is 4.04. The van der Waals surface area contributed by atoms with Crippen molar-refractivity contribution in [2.45, 2.75) is 30.4 Å². The van der Waals surface area contributed by atoms with Gasteiger partial charge in [0.1, 0.15) is 10.6 Å². The molecule has 32 heavy (non-hydrogen) atoms. The minimum absolute atomic E-state index is 0.270. The summed E-state index contributed by atoms with van der Waals surface area (Å²) in [6.07, 6.45) is 3.52. The molecule has 1 heterocycles. The van der Waals surface area contributed by atoms with E-state index in [1.165, 1.54) is 23.9 Å². The Kier molecular flexibility index (Phi) is 5.86. The van der Waals surface area contributed by atoms with Crippen LogP contribution in [0, 0.1) is 17.1 Å². The highest BCUT2D eigenvalue weighted by atomic mass is 32.2. The predicted octanol–water partition coefficient (Wildman–Crippen LogP) is 6.50. The predicted molar refractivity (Wildman–Crippen MR) is 126 cm³/mol. The number of hydrogen-bond acceptors (Lipinski definition) is 5. The van der Waals surface area contributed by atoms with Gasteiger partial charge in [0.2, 0.25) is 0 Å². The number of halogens is 1. The van der Waals surface area contributed by atoms with E-state index < -0.39 is 4.75 Å². The van der Waals surface area contributed by atoms with Gasteiger partial charge in [0.05, 0.1) is 18.2 Å². The number of ether oxygens (including phenoxy) is 1. The molecule has 0 fully saturated rings. The van der Waals surface area contributed by atoms with Crippen molar-refractivity contribution in [2.24, 2.45) is 0 Å². The molecule has 0 saturated heterocycles. The van der Waals surface area contributed by atoms with Crippen LogP contribution >= 0.6 is 11.8 Å². The first-order valence-electron chi connectivity index (χ1n) is 10.2. The third-order valence-electron chi connectivity index (χ3n) is 5.26. The van der Waals surface area contributed by atoms with Crippen LogP contribution in [0.1, 0.15) is 26.3 Å². The summed E-state index contributed by atoms with van der Waals surface area (Å²) in [4.78, 5) is 17.6. The summed E-state index contributed by atoms with van der Waals surface area (Å²) in [5.41, 5.74) is 2.12. The molecule has 0 aliphatic carbocycles. The van der Waals surface area contributed by atoms with E-state index in [1.807, 2.05) is 38.1 Å². The summed E-state index contributed by atoms with van der Waals surface area (Å²) >= 11 is 1.43. The molecule has 4 rings (SSSR count). The van der Waals surface area contributed by atoms with Crippen molar-refractivity contribution in [3.05, 3.63) is 72.3 Å². The summed E-state index contributed by atoms with van der Waals surface area (Å²) in [7, 11) is 0. The van der Waals surface area contributed by atoms with E-state index in [-0.39, 0.29) is 11.8 Å². The number of carbonyl (C=O) groups is 1. The number of nitriles is 1. The molecule has 0 bridgehead atoms. The number of thioether (sulfide) groups is 1. The molecule has 4 nitrogen and oxygen atoms in total. The fourth-order valence-electron chi connectivity index (χ4n) is 3.71. The SMILES string of the molecule is CCOC(=O)C(C)(C)Sc1ccc2cncc(-c3ccc(C#N)c4ccc(F)cc34)c2c1. The Hall–Kier alpha value is -3.43. The van der Waals surface area contributed by atoms with E-state index in [9.17, 15) is 14.4 Å². The molecule has 160 valence electrons. The molecule has 1 aromatic heterocycles. The number of fused-ring (bicyclic) bond motifs is 2. The summed E-state index contributed by atoms with van der Waals surface area (Å²) < 4.78 is 18.6. The van der Waals surface area contributed by atoms with Crippen LogP contribution in [0.5, 0.6) is 0 Å². The lowest BCUT2D eigenvalue weighted by atomic mass is 9.93. The van der Waals surface area contributed by atoms with E-state index in [2.05, 4.69) is 11.1 Å². The largest absolute Gasteiger partial charge is 0.465 e. The lowest BCUT2D eigenvalue weighted by Crippen LogP contribution is -2.29. The maximum atomic E-state index is 14.1. The number of rotatable bonds is 5. The Morgan fingerprint density at radius 1 is 1.06 bits per heavy atom. The van der Waals surface area contributed by atoms with Crippen molar-refractivity contribution >= 4 is 39.3 Å². The molecule has 0 aliphatic rings. The van der Waals surface area contributed by atoms with Crippen molar-refractivity contribution in [3.8, 4) is 17.2 Å². The molecule has 0 radical (unpaired) electrons. The number of nitrogens with zero attached hydrogens (tertiary/aromatic N) is 2. The van der Waals surface area contributed by atoms with Crippen LogP contribution in [0.25, 0.3) is 32.7 Å². The third-order valence-corrected chi connectivity index (χ3v) is 6.43. The molecule has 0 N–H and O–H groups in total. The van der Waals surface area contributed by atoms with Gasteiger partial charge in [-0.25, -0.2) is 4.39 Å². The Balaban J connectivity index is 1.88. The van der Waals surface area contributed by atoms with Crippen LogP contribution in [0.15, 0.2) is 65.8 Å². The van der Waals surface area contributed by atoms with Crippen LogP contribution in [0.3, 0.4) is 0 Å². The highest BCUT2D eigenvalue weighted by Crippen LogP contribution is 2.39. The topological polar surface area (TPSA) is 63.0 Å². The average Bonchev–Trinajstić information content (AvgIpc) is 2.77. The van der Waals surface area contributed by atoms with Gasteiger partial charge in [-0.2, -0.15) is 5.26 Å². The van der Waals surface area contributed by atoms with Gasteiger partial charge >= 0.3 is 5.97 Å². The number of benzene rings is 3. The first-order chi connectivity index (χ1) is 15.3. The van der Waals surface area contributed by atoms with Crippen LogP contribution in [0.4, 0.5) is 4.39 Å². The second kappa shape index (κ2) is 8.60. The van der Waals surface area contributed by atoms with Crippen LogP contribution < -0.4 is 0 Å². The van der Waals surface area contributed by atoms with E-state index in [0.717, 1.165) is 26.8 Å². The number of aromatic nitrogens is 1. The van der Waals surface area contributed by atoms with Crippen LogP contribution in [0.2, 0.25) is 0 Å². The van der Waals surface area contributed by atoms with Crippen molar-refractivity contribution in [2.75, 3.05) is 6.61 Å². The fraction of sp³-hybridized carbons (Fsp3) is 0.192. The normalized spacial score (nSPS) is 11.5. The number of hydrogen-bond donors (Lipinski definition) is 0. The zero-order valence-electron chi connectivity index (χ0n) is 18.0. The molecule has 6 heteroatoms. The highest BCUT2D eigenvalue weighted by Gasteiger charge is 2.30. The maximum Gasteiger partial charge on any atom is 0.321 e. The van der Waals surface area contributed by atoms with Crippen molar-refractivity contribution in [1.82, 2.24) is 4.98 Å². The second-order valence-electron chi connectivity index (χ2n) is 7.87. The van der Waals surface area contributed by atoms with Gasteiger partial charge in [-0.05, 0) is 67.4 Å². The smallest absolute Gasteiger partial charge is 0.321 e. The van der Waals surface area contributed by atoms with E-state index >= 15 is 0 Å². The molecule has 0 amide bonds. The van der Waals surface area contributed by atoms with Crippen molar-refractivity contribution < 1.29 is 13.9 Å². The summed E-state index contributed by atoms with van der Waals surface area (Å²) in [5.74, 6) is -0.636. The van der Waals surface area contributed by atoms with Gasteiger partial charge in [-0.15, -0.1) is 11.8 Å². The first-order valence-corrected chi connectivity index (χ1v) is 11.0. The Labute approximate surface area is 190 Å². The van der Waals surface area contributed by atoms with Crippen molar-refractivity contribution in [3.63, 3.8) is 0 Å². The zero-order chi connectivity index (χ0) is 22.9. The molecule has 3 aromatic carbocycles. The monoisotopic (exact) mass is 444 g/mol. The van der Waals surface area contributed by atoms with Crippen LogP contribution in [-0.4, -0.2) is 22.3 Å². The average molecular weight is 445 g/mol. The molecular weight excluding hydrogens is 423 g/mol. The lowest BCUT2D eigenvalue weighted by Gasteiger charge is -2.22. The van der Waals surface area contributed by atoms with Gasteiger partial charge in [0.15, 0.2) is 0 Å². The lowest BCUT2D eigenvalue weighted by molar-refractivity contribution is -0.145.